The molecule has 0 saturated heterocycles. The minimum atomic E-state index is 0.644. The third-order valence-corrected chi connectivity index (χ3v) is 8.41. The van der Waals surface area contributed by atoms with Gasteiger partial charge in [0.05, 0.1) is 0 Å². The van der Waals surface area contributed by atoms with E-state index in [1.165, 1.54) is 25.7 Å². The summed E-state index contributed by atoms with van der Waals surface area (Å²) in [7, 11) is 0. The van der Waals surface area contributed by atoms with Gasteiger partial charge in [-0.25, -0.2) is 0 Å². The number of hydrogen-bond donors (Lipinski definition) is 0. The lowest BCUT2D eigenvalue weighted by molar-refractivity contribution is 0.000424. The number of rotatable bonds is 1. The third kappa shape index (κ3) is 0.816. The second kappa shape index (κ2) is 2.76. The monoisotopic (exact) mass is 242 g/mol. The van der Waals surface area contributed by atoms with Gasteiger partial charge < -0.3 is 0 Å². The first-order valence-corrected chi connectivity index (χ1v) is 8.40. The van der Waals surface area contributed by atoms with Gasteiger partial charge in [-0.15, -0.1) is 0 Å². The second-order valence-electron chi connectivity index (χ2n) is 8.32. The molecule has 0 aromatic rings. The fraction of sp³-hybridized carbons (Fsp3) is 0.889. The highest BCUT2D eigenvalue weighted by atomic mass is 14.9. The molecule has 4 fully saturated rings. The van der Waals surface area contributed by atoms with Crippen LogP contribution in [0.15, 0.2) is 12.2 Å². The molecule has 18 heavy (non-hydrogen) atoms. The highest BCUT2D eigenvalue weighted by Crippen LogP contribution is 2.88. The van der Waals surface area contributed by atoms with Gasteiger partial charge in [0.2, 0.25) is 0 Å². The summed E-state index contributed by atoms with van der Waals surface area (Å²) in [5, 5.41) is 0. The summed E-state index contributed by atoms with van der Waals surface area (Å²) in [5.74, 6) is 4.44. The largest absolute Gasteiger partial charge is 0.0771 e. The molecule has 0 nitrogen and oxygen atoms in total. The molecule has 0 radical (unpaired) electrons. The summed E-state index contributed by atoms with van der Waals surface area (Å²) in [4.78, 5) is 0. The van der Waals surface area contributed by atoms with E-state index in [4.69, 9.17) is 0 Å². The van der Waals surface area contributed by atoms with Gasteiger partial charge in [-0.2, -0.15) is 0 Å². The van der Waals surface area contributed by atoms with Crippen LogP contribution in [0.2, 0.25) is 0 Å². The molecule has 5 aliphatic carbocycles. The zero-order chi connectivity index (χ0) is 12.2. The number of hydrogen-bond acceptors (Lipinski definition) is 0. The van der Waals surface area contributed by atoms with E-state index in [1.807, 2.05) is 0 Å². The molecular weight excluding hydrogens is 216 g/mol. The van der Waals surface area contributed by atoms with Crippen molar-refractivity contribution in [2.45, 2.75) is 58.8 Å². The summed E-state index contributed by atoms with van der Waals surface area (Å²) in [5.41, 5.74) is 2.16. The minimum Gasteiger partial charge on any atom is -0.0771 e. The van der Waals surface area contributed by atoms with Gasteiger partial charge in [-0.3, -0.25) is 0 Å². The van der Waals surface area contributed by atoms with Gasteiger partial charge in [-0.1, -0.05) is 45.3 Å². The maximum Gasteiger partial charge on any atom is 0.0124 e. The zero-order valence-corrected chi connectivity index (χ0v) is 11.9. The van der Waals surface area contributed by atoms with E-state index in [0.717, 1.165) is 34.5 Å². The molecule has 5 rings (SSSR count). The van der Waals surface area contributed by atoms with E-state index in [2.05, 4.69) is 26.0 Å². The molecule has 0 N–H and O–H groups in total. The molecular formula is C18H26. The van der Waals surface area contributed by atoms with Crippen molar-refractivity contribution in [3.05, 3.63) is 12.2 Å². The number of allylic oxidation sites excluding steroid dienone is 2. The van der Waals surface area contributed by atoms with Gasteiger partial charge in [0.15, 0.2) is 0 Å². The molecule has 6 atom stereocenters. The van der Waals surface area contributed by atoms with Gasteiger partial charge in [0.1, 0.15) is 0 Å². The summed E-state index contributed by atoms with van der Waals surface area (Å²) in [6, 6.07) is 0. The topological polar surface area (TPSA) is 0 Å². The summed E-state index contributed by atoms with van der Waals surface area (Å²) >= 11 is 0. The first-order chi connectivity index (χ1) is 8.70. The standard InChI is InChI=1S/C18H26/c1-3-16(2)14-12-6-4-5-8-18(12)13(15(14)16)7-9-17(18)10-11-17/h10-15H,3-9H2,1-2H3/t12?,13?,14?,15?,16-,18?/m1/s1. The molecule has 0 amide bonds. The van der Waals surface area contributed by atoms with E-state index in [-0.39, 0.29) is 0 Å². The third-order valence-electron chi connectivity index (χ3n) is 8.41. The van der Waals surface area contributed by atoms with Crippen molar-refractivity contribution in [1.82, 2.24) is 0 Å². The Morgan fingerprint density at radius 3 is 2.39 bits per heavy atom. The Hall–Kier alpha value is -0.260. The Bertz CT molecular complexity index is 435. The summed E-state index contributed by atoms with van der Waals surface area (Å²) in [6.07, 6.45) is 15.9. The van der Waals surface area contributed by atoms with Crippen molar-refractivity contribution < 1.29 is 0 Å². The van der Waals surface area contributed by atoms with Crippen LogP contribution in [0.1, 0.15) is 58.8 Å². The van der Waals surface area contributed by atoms with Crippen LogP contribution in [0.3, 0.4) is 0 Å². The van der Waals surface area contributed by atoms with Crippen LogP contribution in [0, 0.1) is 39.9 Å². The van der Waals surface area contributed by atoms with Gasteiger partial charge >= 0.3 is 0 Å². The van der Waals surface area contributed by atoms with E-state index in [1.54, 1.807) is 19.3 Å². The van der Waals surface area contributed by atoms with Crippen LogP contribution >= 0.6 is 0 Å². The van der Waals surface area contributed by atoms with Crippen molar-refractivity contribution in [3.63, 3.8) is 0 Å². The van der Waals surface area contributed by atoms with Crippen LogP contribution in [0.5, 0.6) is 0 Å². The molecule has 98 valence electrons. The average Bonchev–Trinajstić information content (AvgIpc) is 3.22. The molecule has 0 heteroatoms. The maximum absolute atomic E-state index is 2.62. The van der Waals surface area contributed by atoms with E-state index in [0.29, 0.717) is 5.41 Å². The molecule has 4 saturated carbocycles. The molecule has 2 spiro atoms. The smallest absolute Gasteiger partial charge is 0.0124 e. The second-order valence-corrected chi connectivity index (χ2v) is 8.32. The molecule has 0 heterocycles. The SMILES string of the molecule is CC[C@]1(C)C2C3CCCCC34C(CCC43C=C3)C21. The van der Waals surface area contributed by atoms with E-state index in [9.17, 15) is 0 Å². The molecule has 5 unspecified atom stereocenters. The molecule has 0 aromatic carbocycles. The minimum absolute atomic E-state index is 0.644. The summed E-state index contributed by atoms with van der Waals surface area (Å²) < 4.78 is 0. The van der Waals surface area contributed by atoms with Crippen LogP contribution in [0.25, 0.3) is 0 Å². The van der Waals surface area contributed by atoms with Crippen molar-refractivity contribution in [2.24, 2.45) is 39.9 Å². The Morgan fingerprint density at radius 1 is 1.00 bits per heavy atom. The van der Waals surface area contributed by atoms with Crippen LogP contribution in [-0.2, 0) is 0 Å². The highest BCUT2D eigenvalue weighted by Gasteiger charge is 2.82. The van der Waals surface area contributed by atoms with Crippen molar-refractivity contribution >= 4 is 0 Å². The predicted molar refractivity (Wildman–Crippen MR) is 74.1 cm³/mol. The van der Waals surface area contributed by atoms with Crippen molar-refractivity contribution in [1.29, 1.82) is 0 Å². The van der Waals surface area contributed by atoms with Gasteiger partial charge in [0.25, 0.3) is 0 Å². The van der Waals surface area contributed by atoms with Crippen molar-refractivity contribution in [3.8, 4) is 0 Å². The lowest BCUT2D eigenvalue weighted by Crippen LogP contribution is -2.43. The first kappa shape index (κ1) is 10.5. The lowest BCUT2D eigenvalue weighted by Gasteiger charge is -2.49. The Labute approximate surface area is 111 Å². The van der Waals surface area contributed by atoms with Crippen LogP contribution in [0.4, 0.5) is 0 Å². The normalized spacial score (nSPS) is 61.4. The first-order valence-electron chi connectivity index (χ1n) is 8.40. The molecule has 0 aromatic heterocycles. The fourth-order valence-electron chi connectivity index (χ4n) is 7.60. The maximum atomic E-state index is 2.62. The van der Waals surface area contributed by atoms with Gasteiger partial charge in [0, 0.05) is 5.41 Å². The molecule has 0 aliphatic heterocycles. The Kier molecular flexibility index (Phi) is 1.61. The highest BCUT2D eigenvalue weighted by molar-refractivity contribution is 5.41. The van der Waals surface area contributed by atoms with Crippen LogP contribution < -0.4 is 0 Å². The summed E-state index contributed by atoms with van der Waals surface area (Å²) in [6.45, 7) is 5.06. The van der Waals surface area contributed by atoms with E-state index >= 15 is 0 Å². The average molecular weight is 242 g/mol. The fourth-order valence-corrected chi connectivity index (χ4v) is 7.60. The zero-order valence-electron chi connectivity index (χ0n) is 11.9. The Balaban J connectivity index is 1.62. The molecule has 5 aliphatic rings. The lowest BCUT2D eigenvalue weighted by atomic mass is 9.54. The number of fused-ring (bicyclic) bond motifs is 3. The molecule has 0 bridgehead atoms. The van der Waals surface area contributed by atoms with Crippen molar-refractivity contribution in [2.75, 3.05) is 0 Å². The van der Waals surface area contributed by atoms with Gasteiger partial charge in [-0.05, 0) is 60.2 Å². The van der Waals surface area contributed by atoms with Crippen LogP contribution in [-0.4, -0.2) is 0 Å². The quantitative estimate of drug-likeness (QED) is 0.579. The van der Waals surface area contributed by atoms with E-state index < -0.39 is 0 Å². The Morgan fingerprint density at radius 2 is 1.72 bits per heavy atom. The predicted octanol–water partition coefficient (Wildman–Crippen LogP) is 4.81.